The maximum absolute atomic E-state index is 13.2. The summed E-state index contributed by atoms with van der Waals surface area (Å²) < 4.78 is 12.1. The number of thioether (sulfide) groups is 1. The highest BCUT2D eigenvalue weighted by molar-refractivity contribution is 7.99. The summed E-state index contributed by atoms with van der Waals surface area (Å²) in [5.74, 6) is 0.758. The van der Waals surface area contributed by atoms with Gasteiger partial charge in [-0.05, 0) is 36.4 Å². The van der Waals surface area contributed by atoms with Gasteiger partial charge in [0, 0.05) is 5.56 Å². The number of benzene rings is 3. The fraction of sp³-hybridized carbons (Fsp3) is 0.120. The predicted octanol–water partition coefficient (Wildman–Crippen LogP) is 3.65. The maximum atomic E-state index is 13.2. The van der Waals surface area contributed by atoms with E-state index in [2.05, 4.69) is 15.5 Å². The Morgan fingerprint density at radius 2 is 1.79 bits per heavy atom. The standard InChI is InChI=1S/C25H22N4O4S/c1-32-21-14-8-9-17(23(21)33-2)15-26-28-22(30)16-34-25-27-20-13-7-6-12-19(20)24(31)29(25)18-10-4-3-5-11-18/h3-15H,16H2,1-2H3,(H,28,30)/b26-15-. The lowest BCUT2D eigenvalue weighted by Crippen LogP contribution is -2.24. The molecule has 3 aromatic carbocycles. The Bertz CT molecular complexity index is 1400. The number of nitrogens with one attached hydrogen (secondary N) is 1. The van der Waals surface area contributed by atoms with Crippen LogP contribution in [0, 0.1) is 0 Å². The lowest BCUT2D eigenvalue weighted by molar-refractivity contribution is -0.118. The molecular formula is C25H22N4O4S. The Morgan fingerprint density at radius 3 is 2.56 bits per heavy atom. The van der Waals surface area contributed by atoms with E-state index in [9.17, 15) is 9.59 Å². The first-order valence-electron chi connectivity index (χ1n) is 10.3. The minimum Gasteiger partial charge on any atom is -0.493 e. The van der Waals surface area contributed by atoms with Gasteiger partial charge in [0.05, 0.1) is 42.8 Å². The molecule has 0 radical (unpaired) electrons. The molecule has 0 saturated carbocycles. The second-order valence-corrected chi connectivity index (χ2v) is 7.99. The largest absolute Gasteiger partial charge is 0.493 e. The van der Waals surface area contributed by atoms with E-state index >= 15 is 0 Å². The van der Waals surface area contributed by atoms with Gasteiger partial charge >= 0.3 is 0 Å². The predicted molar refractivity (Wildman–Crippen MR) is 133 cm³/mol. The van der Waals surface area contributed by atoms with Gasteiger partial charge in [-0.25, -0.2) is 10.4 Å². The van der Waals surface area contributed by atoms with E-state index in [1.807, 2.05) is 36.4 Å². The Hall–Kier alpha value is -4.11. The Labute approximate surface area is 200 Å². The van der Waals surface area contributed by atoms with Crippen LogP contribution in [0.15, 0.2) is 87.8 Å². The van der Waals surface area contributed by atoms with Crippen LogP contribution in [-0.2, 0) is 4.79 Å². The zero-order chi connectivity index (χ0) is 23.9. The van der Waals surface area contributed by atoms with Gasteiger partial charge in [0.2, 0.25) is 0 Å². The molecule has 4 rings (SSSR count). The number of aromatic nitrogens is 2. The summed E-state index contributed by atoms with van der Waals surface area (Å²) >= 11 is 1.16. The van der Waals surface area contributed by atoms with Crippen molar-refractivity contribution in [2.24, 2.45) is 5.10 Å². The van der Waals surface area contributed by atoms with Gasteiger partial charge in [-0.3, -0.25) is 14.2 Å². The number of amides is 1. The number of carbonyl (C=O) groups excluding carboxylic acids is 1. The minimum absolute atomic E-state index is 0.0181. The highest BCUT2D eigenvalue weighted by Gasteiger charge is 2.14. The van der Waals surface area contributed by atoms with E-state index in [4.69, 9.17) is 9.47 Å². The Balaban J connectivity index is 1.53. The lowest BCUT2D eigenvalue weighted by Gasteiger charge is -2.12. The highest BCUT2D eigenvalue weighted by Crippen LogP contribution is 2.29. The summed E-state index contributed by atoms with van der Waals surface area (Å²) in [7, 11) is 3.08. The maximum Gasteiger partial charge on any atom is 0.266 e. The molecule has 0 atom stereocenters. The number of fused-ring (bicyclic) bond motifs is 1. The molecule has 1 amide bonds. The number of nitrogens with zero attached hydrogens (tertiary/aromatic N) is 3. The SMILES string of the molecule is COc1cccc(/C=N\NC(=O)CSc2nc3ccccc3c(=O)n2-c2ccccc2)c1OC. The highest BCUT2D eigenvalue weighted by atomic mass is 32.2. The number of ether oxygens (including phenoxy) is 2. The number of methoxy groups -OCH3 is 2. The van der Waals surface area contributed by atoms with Crippen molar-refractivity contribution in [3.8, 4) is 17.2 Å². The molecule has 0 aliphatic heterocycles. The van der Waals surface area contributed by atoms with Crippen LogP contribution in [0.2, 0.25) is 0 Å². The smallest absolute Gasteiger partial charge is 0.266 e. The van der Waals surface area contributed by atoms with E-state index in [1.165, 1.54) is 17.9 Å². The fourth-order valence-corrected chi connectivity index (χ4v) is 4.17. The van der Waals surface area contributed by atoms with Gasteiger partial charge in [0.15, 0.2) is 16.7 Å². The zero-order valence-electron chi connectivity index (χ0n) is 18.6. The first-order valence-corrected chi connectivity index (χ1v) is 11.3. The summed E-state index contributed by atoms with van der Waals surface area (Å²) in [5.41, 5.74) is 4.22. The topological polar surface area (TPSA) is 94.8 Å². The number of para-hydroxylation sites is 3. The molecular weight excluding hydrogens is 452 g/mol. The van der Waals surface area contributed by atoms with Crippen molar-refractivity contribution in [2.45, 2.75) is 5.16 Å². The van der Waals surface area contributed by atoms with Crippen molar-refractivity contribution in [1.82, 2.24) is 15.0 Å². The van der Waals surface area contributed by atoms with E-state index in [0.29, 0.717) is 38.8 Å². The quantitative estimate of drug-likeness (QED) is 0.181. The van der Waals surface area contributed by atoms with Crippen LogP contribution in [0.4, 0.5) is 0 Å². The molecule has 1 heterocycles. The minimum atomic E-state index is -0.342. The van der Waals surface area contributed by atoms with Crippen molar-refractivity contribution < 1.29 is 14.3 Å². The molecule has 0 spiro atoms. The second-order valence-electron chi connectivity index (χ2n) is 7.05. The number of hydrazone groups is 1. The summed E-state index contributed by atoms with van der Waals surface area (Å²) in [6, 6.07) is 21.7. The summed E-state index contributed by atoms with van der Waals surface area (Å²) in [4.78, 5) is 30.3. The third-order valence-corrected chi connectivity index (χ3v) is 5.86. The molecule has 0 bridgehead atoms. The average Bonchev–Trinajstić information content (AvgIpc) is 2.87. The van der Waals surface area contributed by atoms with Crippen LogP contribution < -0.4 is 20.5 Å². The Morgan fingerprint density at radius 1 is 1.03 bits per heavy atom. The first kappa shape index (κ1) is 23.1. The Kier molecular flexibility index (Phi) is 7.24. The van der Waals surface area contributed by atoms with Gasteiger partial charge in [-0.1, -0.05) is 48.2 Å². The third kappa shape index (κ3) is 4.94. The third-order valence-electron chi connectivity index (χ3n) is 4.92. The summed E-state index contributed by atoms with van der Waals surface area (Å²) in [5, 5.41) is 4.95. The number of rotatable bonds is 8. The average molecular weight is 475 g/mol. The van der Waals surface area contributed by atoms with Crippen LogP contribution in [-0.4, -0.2) is 41.6 Å². The molecule has 1 aromatic heterocycles. The van der Waals surface area contributed by atoms with Crippen LogP contribution in [0.25, 0.3) is 16.6 Å². The van der Waals surface area contributed by atoms with Gasteiger partial charge in [-0.2, -0.15) is 5.10 Å². The van der Waals surface area contributed by atoms with E-state index in [0.717, 1.165) is 11.8 Å². The van der Waals surface area contributed by atoms with E-state index in [-0.39, 0.29) is 17.2 Å². The van der Waals surface area contributed by atoms with Crippen LogP contribution in [0.3, 0.4) is 0 Å². The molecule has 172 valence electrons. The van der Waals surface area contributed by atoms with Gasteiger partial charge < -0.3 is 9.47 Å². The van der Waals surface area contributed by atoms with Crippen LogP contribution in [0.5, 0.6) is 11.5 Å². The van der Waals surface area contributed by atoms with Gasteiger partial charge in [0.25, 0.3) is 11.5 Å². The number of hydrogen-bond acceptors (Lipinski definition) is 7. The van der Waals surface area contributed by atoms with Crippen LogP contribution >= 0.6 is 11.8 Å². The molecule has 1 N–H and O–H groups in total. The van der Waals surface area contributed by atoms with Crippen molar-refractivity contribution in [1.29, 1.82) is 0 Å². The van der Waals surface area contributed by atoms with E-state index in [1.54, 1.807) is 43.5 Å². The molecule has 8 nitrogen and oxygen atoms in total. The van der Waals surface area contributed by atoms with Crippen molar-refractivity contribution in [3.63, 3.8) is 0 Å². The normalized spacial score (nSPS) is 11.0. The lowest BCUT2D eigenvalue weighted by atomic mass is 10.2. The second kappa shape index (κ2) is 10.7. The molecule has 0 fully saturated rings. The van der Waals surface area contributed by atoms with Crippen LogP contribution in [0.1, 0.15) is 5.56 Å². The van der Waals surface area contributed by atoms with Crippen molar-refractivity contribution in [3.05, 3.63) is 88.7 Å². The zero-order valence-corrected chi connectivity index (χ0v) is 19.4. The molecule has 0 aliphatic carbocycles. The fourth-order valence-electron chi connectivity index (χ4n) is 3.36. The number of hydrogen-bond donors (Lipinski definition) is 1. The van der Waals surface area contributed by atoms with Gasteiger partial charge in [-0.15, -0.1) is 0 Å². The first-order chi connectivity index (χ1) is 16.6. The van der Waals surface area contributed by atoms with Gasteiger partial charge in [0.1, 0.15) is 0 Å². The number of carbonyl (C=O) groups is 1. The monoisotopic (exact) mass is 474 g/mol. The van der Waals surface area contributed by atoms with Crippen molar-refractivity contribution in [2.75, 3.05) is 20.0 Å². The summed E-state index contributed by atoms with van der Waals surface area (Å²) in [6.45, 7) is 0. The van der Waals surface area contributed by atoms with E-state index < -0.39 is 0 Å². The molecule has 0 unspecified atom stereocenters. The molecule has 9 heteroatoms. The molecule has 4 aromatic rings. The molecule has 0 aliphatic rings. The molecule has 34 heavy (non-hydrogen) atoms. The summed E-state index contributed by atoms with van der Waals surface area (Å²) in [6.07, 6.45) is 1.48. The van der Waals surface area contributed by atoms with Crippen molar-refractivity contribution >= 4 is 34.8 Å². The molecule has 0 saturated heterocycles.